The summed E-state index contributed by atoms with van der Waals surface area (Å²) in [7, 11) is 0. The van der Waals surface area contributed by atoms with E-state index in [0.717, 1.165) is 6.42 Å². The zero-order valence-electron chi connectivity index (χ0n) is 7.80. The summed E-state index contributed by atoms with van der Waals surface area (Å²) in [6.07, 6.45) is 2.18. The van der Waals surface area contributed by atoms with Gasteiger partial charge in [0.1, 0.15) is 0 Å². The Hall–Kier alpha value is -1.32. The van der Waals surface area contributed by atoms with Crippen LogP contribution in [0.2, 0.25) is 0 Å². The van der Waals surface area contributed by atoms with Gasteiger partial charge < -0.3 is 10.4 Å². The van der Waals surface area contributed by atoms with Crippen molar-refractivity contribution in [2.75, 3.05) is 0 Å². The molecule has 0 unspecified atom stereocenters. The van der Waals surface area contributed by atoms with E-state index in [9.17, 15) is 9.59 Å². The van der Waals surface area contributed by atoms with E-state index in [-0.39, 0.29) is 12.3 Å². The average Bonchev–Trinajstić information content (AvgIpc) is 1.96. The molecule has 0 aliphatic carbocycles. The standard InChI is InChI=1S/C9H15NO3/c1-7(10-8(2)11)5-3-4-6-9(12)13/h1,3-6H2,2H3,(H,10,11)(H,12,13). The van der Waals surface area contributed by atoms with E-state index in [1.54, 1.807) is 0 Å². The number of nitrogens with one attached hydrogen (secondary N) is 1. The molecule has 0 aromatic heterocycles. The van der Waals surface area contributed by atoms with Gasteiger partial charge in [0.15, 0.2) is 0 Å². The number of unbranched alkanes of at least 4 members (excludes halogenated alkanes) is 1. The zero-order valence-corrected chi connectivity index (χ0v) is 7.80. The maximum Gasteiger partial charge on any atom is 0.303 e. The highest BCUT2D eigenvalue weighted by Gasteiger charge is 1.99. The van der Waals surface area contributed by atoms with Crippen LogP contribution in [-0.2, 0) is 9.59 Å². The first kappa shape index (κ1) is 11.7. The summed E-state index contributed by atoms with van der Waals surface area (Å²) < 4.78 is 0. The lowest BCUT2D eigenvalue weighted by Crippen LogP contribution is -2.18. The van der Waals surface area contributed by atoms with Gasteiger partial charge in [-0.05, 0) is 19.3 Å². The third kappa shape index (κ3) is 8.59. The smallest absolute Gasteiger partial charge is 0.303 e. The van der Waals surface area contributed by atoms with Gasteiger partial charge in [-0.25, -0.2) is 0 Å². The Morgan fingerprint density at radius 3 is 2.31 bits per heavy atom. The van der Waals surface area contributed by atoms with E-state index in [2.05, 4.69) is 11.9 Å². The minimum atomic E-state index is -0.787. The SMILES string of the molecule is C=C(CCCCC(=O)O)NC(C)=O. The molecule has 13 heavy (non-hydrogen) atoms. The molecular weight excluding hydrogens is 170 g/mol. The number of aliphatic carboxylic acids is 1. The molecule has 0 aromatic rings. The summed E-state index contributed by atoms with van der Waals surface area (Å²) in [5.74, 6) is -0.923. The first-order chi connectivity index (χ1) is 6.02. The molecule has 0 radical (unpaired) electrons. The molecule has 0 saturated heterocycles. The van der Waals surface area contributed by atoms with Gasteiger partial charge in [-0.3, -0.25) is 9.59 Å². The summed E-state index contributed by atoms with van der Waals surface area (Å²) in [5, 5.41) is 10.9. The van der Waals surface area contributed by atoms with Gasteiger partial charge in [0.2, 0.25) is 5.91 Å². The average molecular weight is 185 g/mol. The van der Waals surface area contributed by atoms with Gasteiger partial charge in [-0.1, -0.05) is 6.58 Å². The molecule has 2 N–H and O–H groups in total. The predicted molar refractivity (Wildman–Crippen MR) is 49.1 cm³/mol. The molecule has 0 saturated carbocycles. The van der Waals surface area contributed by atoms with E-state index < -0.39 is 5.97 Å². The highest BCUT2D eigenvalue weighted by Crippen LogP contribution is 2.04. The highest BCUT2D eigenvalue weighted by atomic mass is 16.4. The van der Waals surface area contributed by atoms with Crippen molar-refractivity contribution in [3.63, 3.8) is 0 Å². The molecule has 0 heterocycles. The Labute approximate surface area is 77.6 Å². The van der Waals surface area contributed by atoms with Crippen LogP contribution in [-0.4, -0.2) is 17.0 Å². The third-order valence-corrected chi connectivity index (χ3v) is 1.47. The molecule has 0 aliphatic heterocycles. The van der Waals surface area contributed by atoms with Crippen LogP contribution in [0.4, 0.5) is 0 Å². The lowest BCUT2D eigenvalue weighted by molar-refractivity contribution is -0.137. The van der Waals surface area contributed by atoms with E-state index in [0.29, 0.717) is 18.5 Å². The molecule has 0 bridgehead atoms. The summed E-state index contributed by atoms with van der Waals surface area (Å²) in [5.41, 5.74) is 0.651. The number of carbonyl (C=O) groups excluding carboxylic acids is 1. The van der Waals surface area contributed by atoms with Gasteiger partial charge >= 0.3 is 5.97 Å². The Balaban J connectivity index is 3.37. The molecule has 74 valence electrons. The van der Waals surface area contributed by atoms with E-state index in [1.807, 2.05) is 0 Å². The van der Waals surface area contributed by atoms with Gasteiger partial charge in [0, 0.05) is 19.0 Å². The topological polar surface area (TPSA) is 66.4 Å². The second-order valence-corrected chi connectivity index (χ2v) is 2.89. The fraction of sp³-hybridized carbons (Fsp3) is 0.556. The van der Waals surface area contributed by atoms with Gasteiger partial charge in [0.25, 0.3) is 0 Å². The lowest BCUT2D eigenvalue weighted by Gasteiger charge is -2.04. The number of hydrogen-bond acceptors (Lipinski definition) is 2. The first-order valence-corrected chi connectivity index (χ1v) is 4.19. The minimum Gasteiger partial charge on any atom is -0.481 e. The summed E-state index contributed by atoms with van der Waals surface area (Å²) in [6, 6.07) is 0. The van der Waals surface area contributed by atoms with Crippen LogP contribution in [0, 0.1) is 0 Å². The third-order valence-electron chi connectivity index (χ3n) is 1.47. The van der Waals surface area contributed by atoms with Gasteiger partial charge in [-0.15, -0.1) is 0 Å². The predicted octanol–water partition coefficient (Wildman–Crippen LogP) is 1.28. The molecule has 1 amide bonds. The van der Waals surface area contributed by atoms with Crippen molar-refractivity contribution in [3.05, 3.63) is 12.3 Å². The maximum absolute atomic E-state index is 10.5. The highest BCUT2D eigenvalue weighted by molar-refractivity contribution is 5.74. The molecule has 4 heteroatoms. The number of allylic oxidation sites excluding steroid dienone is 1. The quantitative estimate of drug-likeness (QED) is 0.612. The normalized spacial score (nSPS) is 9.31. The molecule has 0 fully saturated rings. The van der Waals surface area contributed by atoms with Crippen LogP contribution in [0.15, 0.2) is 12.3 Å². The first-order valence-electron chi connectivity index (χ1n) is 4.19. The van der Waals surface area contributed by atoms with Crippen molar-refractivity contribution in [2.45, 2.75) is 32.6 Å². The minimum absolute atomic E-state index is 0.136. The Bertz CT molecular complexity index is 211. The van der Waals surface area contributed by atoms with Crippen LogP contribution in [0.25, 0.3) is 0 Å². The number of carbonyl (C=O) groups is 2. The number of carboxylic acid groups (broad SMARTS) is 1. The van der Waals surface area contributed by atoms with E-state index >= 15 is 0 Å². The lowest BCUT2D eigenvalue weighted by atomic mass is 10.1. The second-order valence-electron chi connectivity index (χ2n) is 2.89. The number of hydrogen-bond donors (Lipinski definition) is 2. The molecule has 0 atom stereocenters. The summed E-state index contributed by atoms with van der Waals surface area (Å²) in [4.78, 5) is 20.7. The molecule has 0 aliphatic rings. The molecule has 4 nitrogen and oxygen atoms in total. The largest absolute Gasteiger partial charge is 0.481 e. The number of carboxylic acids is 1. The molecular formula is C9H15NO3. The molecule has 0 spiro atoms. The number of amides is 1. The van der Waals surface area contributed by atoms with Crippen molar-refractivity contribution in [3.8, 4) is 0 Å². The fourth-order valence-electron chi connectivity index (χ4n) is 0.926. The number of rotatable bonds is 6. The Kier molecular flexibility index (Phi) is 5.59. The second kappa shape index (κ2) is 6.22. The van der Waals surface area contributed by atoms with Crippen molar-refractivity contribution in [1.29, 1.82) is 0 Å². The zero-order chi connectivity index (χ0) is 10.3. The van der Waals surface area contributed by atoms with Crippen LogP contribution < -0.4 is 5.32 Å². The summed E-state index contributed by atoms with van der Waals surface area (Å²) in [6.45, 7) is 5.05. The molecule has 0 aromatic carbocycles. The monoisotopic (exact) mass is 185 g/mol. The Morgan fingerprint density at radius 2 is 1.85 bits per heavy atom. The van der Waals surface area contributed by atoms with Crippen molar-refractivity contribution in [2.24, 2.45) is 0 Å². The Morgan fingerprint density at radius 1 is 1.31 bits per heavy atom. The fourth-order valence-corrected chi connectivity index (χ4v) is 0.926. The van der Waals surface area contributed by atoms with Crippen LogP contribution >= 0.6 is 0 Å². The maximum atomic E-state index is 10.5. The van der Waals surface area contributed by atoms with Crippen LogP contribution in [0.1, 0.15) is 32.6 Å². The van der Waals surface area contributed by atoms with Gasteiger partial charge in [0.05, 0.1) is 0 Å². The van der Waals surface area contributed by atoms with Crippen molar-refractivity contribution < 1.29 is 14.7 Å². The van der Waals surface area contributed by atoms with Crippen molar-refractivity contribution >= 4 is 11.9 Å². The van der Waals surface area contributed by atoms with E-state index in [1.165, 1.54) is 6.92 Å². The summed E-state index contributed by atoms with van der Waals surface area (Å²) >= 11 is 0. The van der Waals surface area contributed by atoms with Gasteiger partial charge in [-0.2, -0.15) is 0 Å². The van der Waals surface area contributed by atoms with Crippen LogP contribution in [0.5, 0.6) is 0 Å². The van der Waals surface area contributed by atoms with E-state index in [4.69, 9.17) is 5.11 Å². The molecule has 0 rings (SSSR count). The van der Waals surface area contributed by atoms with Crippen molar-refractivity contribution in [1.82, 2.24) is 5.32 Å². The van der Waals surface area contributed by atoms with Crippen LogP contribution in [0.3, 0.4) is 0 Å².